The number of hydrogen-bond donors (Lipinski definition) is 1. The predicted octanol–water partition coefficient (Wildman–Crippen LogP) is 6.47. The minimum Gasteiger partial charge on any atom is -0.349 e. The number of hydrogen-bond acceptors (Lipinski definition) is 4. The van der Waals surface area contributed by atoms with Crippen LogP contribution >= 0.6 is 35.0 Å². The van der Waals surface area contributed by atoms with Crippen molar-refractivity contribution >= 4 is 40.9 Å². The smallest absolute Gasteiger partial charge is 0.254 e. The Kier molecular flexibility index (Phi) is 8.55. The zero-order valence-electron chi connectivity index (χ0n) is 16.6. The molecule has 1 heterocycles. The molecule has 0 spiro atoms. The first-order valence-corrected chi connectivity index (χ1v) is 11.4. The summed E-state index contributed by atoms with van der Waals surface area (Å²) in [5, 5.41) is 12.7. The van der Waals surface area contributed by atoms with E-state index in [0.717, 1.165) is 35.6 Å². The van der Waals surface area contributed by atoms with Crippen LogP contribution in [0.25, 0.3) is 0 Å². The predicted molar refractivity (Wildman–Crippen MR) is 124 cm³/mol. The molecule has 0 saturated carbocycles. The lowest BCUT2D eigenvalue weighted by molar-refractivity contribution is 0.0928. The summed E-state index contributed by atoms with van der Waals surface area (Å²) in [5.74, 6) is -0.181. The summed E-state index contributed by atoms with van der Waals surface area (Å²) >= 11 is 13.4. The molecule has 4 nitrogen and oxygen atoms in total. The van der Waals surface area contributed by atoms with Gasteiger partial charge in [0.05, 0.1) is 5.56 Å². The highest BCUT2D eigenvalue weighted by molar-refractivity contribution is 7.99. The maximum absolute atomic E-state index is 13.1. The second-order valence-electron chi connectivity index (χ2n) is 6.93. The van der Waals surface area contributed by atoms with E-state index in [0.29, 0.717) is 10.6 Å². The third-order valence-electron chi connectivity index (χ3n) is 4.60. The lowest BCUT2D eigenvalue weighted by Gasteiger charge is -2.19. The zero-order chi connectivity index (χ0) is 21.3. The minimum atomic E-state index is -0.181. The Hall–Kier alpha value is -2.08. The van der Waals surface area contributed by atoms with Crippen LogP contribution < -0.4 is 5.32 Å². The van der Waals surface area contributed by atoms with Gasteiger partial charge in [0.25, 0.3) is 5.91 Å². The Morgan fingerprint density at radius 2 is 1.77 bits per heavy atom. The number of amides is 1. The molecule has 1 aromatic heterocycles. The van der Waals surface area contributed by atoms with E-state index in [1.807, 2.05) is 54.6 Å². The van der Waals surface area contributed by atoms with Crippen LogP contribution in [0.4, 0.5) is 0 Å². The average Bonchev–Trinajstić information content (AvgIpc) is 2.75. The van der Waals surface area contributed by atoms with Crippen molar-refractivity contribution in [2.75, 3.05) is 0 Å². The van der Waals surface area contributed by atoms with Crippen LogP contribution in [0.1, 0.15) is 42.1 Å². The first-order valence-electron chi connectivity index (χ1n) is 9.86. The molecule has 2 aromatic carbocycles. The standard InChI is InChI=1S/C23H23Cl2N3OS/c1-2-6-18(14-11-16-9-12-17(24)13-10-16)26-22(29)20-15-21(25)27-28-23(20)30-19-7-4-3-5-8-19/h3-5,7-10,12-13,15,18H,2,6,11,14H2,1H3,(H,26,29). The van der Waals surface area contributed by atoms with Gasteiger partial charge < -0.3 is 5.32 Å². The van der Waals surface area contributed by atoms with Crippen molar-refractivity contribution in [2.45, 2.75) is 48.6 Å². The van der Waals surface area contributed by atoms with Crippen molar-refractivity contribution in [1.29, 1.82) is 0 Å². The van der Waals surface area contributed by atoms with Gasteiger partial charge in [-0.05, 0) is 55.2 Å². The summed E-state index contributed by atoms with van der Waals surface area (Å²) in [6, 6.07) is 19.2. The number of carbonyl (C=O) groups is 1. The first-order chi connectivity index (χ1) is 14.5. The minimum absolute atomic E-state index is 0.0553. The van der Waals surface area contributed by atoms with E-state index < -0.39 is 0 Å². The van der Waals surface area contributed by atoms with Crippen LogP contribution in [0.3, 0.4) is 0 Å². The monoisotopic (exact) mass is 459 g/mol. The van der Waals surface area contributed by atoms with Crippen molar-refractivity contribution in [3.8, 4) is 0 Å². The van der Waals surface area contributed by atoms with Crippen molar-refractivity contribution in [1.82, 2.24) is 15.5 Å². The third-order valence-corrected chi connectivity index (χ3v) is 6.04. The molecule has 0 saturated heterocycles. The van der Waals surface area contributed by atoms with E-state index >= 15 is 0 Å². The van der Waals surface area contributed by atoms with Gasteiger partial charge in [0, 0.05) is 16.0 Å². The molecule has 0 aliphatic rings. The molecule has 1 N–H and O–H groups in total. The summed E-state index contributed by atoms with van der Waals surface area (Å²) in [6.45, 7) is 2.11. The summed E-state index contributed by atoms with van der Waals surface area (Å²) in [4.78, 5) is 14.1. The highest BCUT2D eigenvalue weighted by atomic mass is 35.5. The average molecular weight is 460 g/mol. The van der Waals surface area contributed by atoms with E-state index in [4.69, 9.17) is 23.2 Å². The molecule has 1 atom stereocenters. The van der Waals surface area contributed by atoms with Crippen molar-refractivity contribution in [3.63, 3.8) is 0 Å². The number of nitrogens with zero attached hydrogens (tertiary/aromatic N) is 2. The van der Waals surface area contributed by atoms with Crippen LogP contribution in [0.5, 0.6) is 0 Å². The summed E-state index contributed by atoms with van der Waals surface area (Å²) in [6.07, 6.45) is 3.58. The van der Waals surface area contributed by atoms with Crippen molar-refractivity contribution in [3.05, 3.63) is 82.0 Å². The van der Waals surface area contributed by atoms with E-state index in [9.17, 15) is 4.79 Å². The Labute approximate surface area is 191 Å². The fraction of sp³-hybridized carbons (Fsp3) is 0.261. The second-order valence-corrected chi connectivity index (χ2v) is 8.81. The molecule has 156 valence electrons. The summed E-state index contributed by atoms with van der Waals surface area (Å²) in [5.41, 5.74) is 1.64. The molecule has 30 heavy (non-hydrogen) atoms. The molecule has 0 fully saturated rings. The first kappa shape index (κ1) is 22.6. The third kappa shape index (κ3) is 6.73. The highest BCUT2D eigenvalue weighted by Crippen LogP contribution is 2.29. The number of rotatable bonds is 9. The fourth-order valence-electron chi connectivity index (χ4n) is 3.09. The molecule has 0 aliphatic heterocycles. The maximum Gasteiger partial charge on any atom is 0.254 e. The number of carbonyl (C=O) groups excluding carboxylic acids is 1. The van der Waals surface area contributed by atoms with Gasteiger partial charge in [0.2, 0.25) is 0 Å². The van der Waals surface area contributed by atoms with Gasteiger partial charge in [-0.3, -0.25) is 4.79 Å². The second kappa shape index (κ2) is 11.3. The molecule has 7 heteroatoms. The van der Waals surface area contributed by atoms with Gasteiger partial charge in [0.15, 0.2) is 5.15 Å². The van der Waals surface area contributed by atoms with Crippen LogP contribution in [0.2, 0.25) is 10.2 Å². The van der Waals surface area contributed by atoms with Gasteiger partial charge in [-0.1, -0.05) is 78.6 Å². The van der Waals surface area contributed by atoms with E-state index in [1.165, 1.54) is 17.3 Å². The quantitative estimate of drug-likeness (QED) is 0.398. The van der Waals surface area contributed by atoms with Crippen LogP contribution in [-0.2, 0) is 6.42 Å². The number of aromatic nitrogens is 2. The molecule has 0 radical (unpaired) electrons. The Morgan fingerprint density at radius 1 is 1.03 bits per heavy atom. The van der Waals surface area contributed by atoms with Gasteiger partial charge in [-0.2, -0.15) is 0 Å². The molecule has 1 unspecified atom stereocenters. The van der Waals surface area contributed by atoms with Gasteiger partial charge >= 0.3 is 0 Å². The van der Waals surface area contributed by atoms with Crippen molar-refractivity contribution in [2.24, 2.45) is 0 Å². The Bertz CT molecular complexity index is 968. The topological polar surface area (TPSA) is 54.9 Å². The molecule has 3 rings (SSSR count). The van der Waals surface area contributed by atoms with Gasteiger partial charge in [-0.15, -0.1) is 10.2 Å². The number of aryl methyl sites for hydroxylation is 1. The van der Waals surface area contributed by atoms with Gasteiger partial charge in [0.1, 0.15) is 5.03 Å². The van der Waals surface area contributed by atoms with Crippen LogP contribution in [-0.4, -0.2) is 22.1 Å². The summed E-state index contributed by atoms with van der Waals surface area (Å²) in [7, 11) is 0. The zero-order valence-corrected chi connectivity index (χ0v) is 19.0. The van der Waals surface area contributed by atoms with Gasteiger partial charge in [-0.25, -0.2) is 0 Å². The molecule has 0 bridgehead atoms. The highest BCUT2D eigenvalue weighted by Gasteiger charge is 2.19. The fourth-order valence-corrected chi connectivity index (χ4v) is 4.22. The lowest BCUT2D eigenvalue weighted by atomic mass is 10.0. The van der Waals surface area contributed by atoms with Crippen LogP contribution in [0.15, 0.2) is 70.6 Å². The number of nitrogens with one attached hydrogen (secondary N) is 1. The molecular formula is C23H23Cl2N3OS. The lowest BCUT2D eigenvalue weighted by Crippen LogP contribution is -2.35. The van der Waals surface area contributed by atoms with E-state index in [1.54, 1.807) is 6.07 Å². The Balaban J connectivity index is 1.71. The normalized spacial score (nSPS) is 11.8. The van der Waals surface area contributed by atoms with Crippen molar-refractivity contribution < 1.29 is 4.79 Å². The molecule has 0 aliphatic carbocycles. The molecule has 3 aromatic rings. The SMILES string of the molecule is CCCC(CCc1ccc(Cl)cc1)NC(=O)c1cc(Cl)nnc1Sc1ccccc1. The van der Waals surface area contributed by atoms with E-state index in [2.05, 4.69) is 22.4 Å². The van der Waals surface area contributed by atoms with E-state index in [-0.39, 0.29) is 17.1 Å². The largest absolute Gasteiger partial charge is 0.349 e. The summed E-state index contributed by atoms with van der Waals surface area (Å²) < 4.78 is 0. The maximum atomic E-state index is 13.1. The molecular weight excluding hydrogens is 437 g/mol. The molecule has 1 amide bonds. The number of halogens is 2. The number of benzene rings is 2. The van der Waals surface area contributed by atoms with Crippen LogP contribution in [0, 0.1) is 0 Å². The Morgan fingerprint density at radius 3 is 2.47 bits per heavy atom.